The SMILES string of the molecule is Cc1ccc2[nH]cc(CC(C)(C)N)c2c1. The highest BCUT2D eigenvalue weighted by atomic mass is 14.7. The lowest BCUT2D eigenvalue weighted by Crippen LogP contribution is -2.34. The highest BCUT2D eigenvalue weighted by Gasteiger charge is 2.14. The van der Waals surface area contributed by atoms with Gasteiger partial charge in [0.2, 0.25) is 0 Å². The number of nitrogens with one attached hydrogen (secondary N) is 1. The van der Waals surface area contributed by atoms with Crippen LogP contribution < -0.4 is 5.73 Å². The Morgan fingerprint density at radius 1 is 1.33 bits per heavy atom. The minimum absolute atomic E-state index is 0.154. The molecule has 2 nitrogen and oxygen atoms in total. The first kappa shape index (κ1) is 10.2. The Hall–Kier alpha value is -1.28. The maximum Gasteiger partial charge on any atom is 0.0456 e. The number of nitrogens with two attached hydrogens (primary N) is 1. The van der Waals surface area contributed by atoms with E-state index in [1.165, 1.54) is 22.0 Å². The van der Waals surface area contributed by atoms with Gasteiger partial charge in [0, 0.05) is 22.6 Å². The van der Waals surface area contributed by atoms with Crippen LogP contribution in [0.25, 0.3) is 10.9 Å². The fourth-order valence-electron chi connectivity index (χ4n) is 1.93. The highest BCUT2D eigenvalue weighted by Crippen LogP contribution is 2.22. The predicted octanol–water partition coefficient (Wildman–Crippen LogP) is 2.76. The molecule has 1 heterocycles. The van der Waals surface area contributed by atoms with Crippen LogP contribution in [0.5, 0.6) is 0 Å². The monoisotopic (exact) mass is 202 g/mol. The molecule has 0 aliphatic carbocycles. The van der Waals surface area contributed by atoms with Gasteiger partial charge >= 0.3 is 0 Å². The van der Waals surface area contributed by atoms with Gasteiger partial charge in [-0.2, -0.15) is 0 Å². The maximum atomic E-state index is 6.04. The van der Waals surface area contributed by atoms with Crippen LogP contribution >= 0.6 is 0 Å². The van der Waals surface area contributed by atoms with Crippen molar-refractivity contribution in [3.63, 3.8) is 0 Å². The molecule has 0 unspecified atom stereocenters. The number of aromatic nitrogens is 1. The molecule has 0 bridgehead atoms. The van der Waals surface area contributed by atoms with Crippen molar-refractivity contribution < 1.29 is 0 Å². The predicted molar refractivity (Wildman–Crippen MR) is 65.0 cm³/mol. The summed E-state index contributed by atoms with van der Waals surface area (Å²) in [5, 5.41) is 1.30. The Morgan fingerprint density at radius 3 is 2.73 bits per heavy atom. The summed E-state index contributed by atoms with van der Waals surface area (Å²) in [6, 6.07) is 6.46. The Bertz CT molecular complexity index is 475. The molecule has 0 spiro atoms. The second-order valence-corrected chi connectivity index (χ2v) is 5.03. The molecule has 2 aromatic rings. The van der Waals surface area contributed by atoms with Crippen LogP contribution in [0.2, 0.25) is 0 Å². The first-order valence-electron chi connectivity index (χ1n) is 5.31. The van der Waals surface area contributed by atoms with Gasteiger partial charge in [-0.1, -0.05) is 11.6 Å². The summed E-state index contributed by atoms with van der Waals surface area (Å²) in [7, 11) is 0. The molecule has 0 amide bonds. The second kappa shape index (κ2) is 3.38. The van der Waals surface area contributed by atoms with Gasteiger partial charge in [-0.05, 0) is 44.9 Å². The third kappa shape index (κ3) is 2.21. The van der Waals surface area contributed by atoms with E-state index in [1.807, 2.05) is 0 Å². The molecule has 1 aromatic heterocycles. The van der Waals surface area contributed by atoms with E-state index in [4.69, 9.17) is 5.73 Å². The number of rotatable bonds is 2. The zero-order valence-electron chi connectivity index (χ0n) is 9.59. The molecule has 15 heavy (non-hydrogen) atoms. The van der Waals surface area contributed by atoms with Crippen LogP contribution in [-0.2, 0) is 6.42 Å². The maximum absolute atomic E-state index is 6.04. The smallest absolute Gasteiger partial charge is 0.0456 e. The standard InChI is InChI=1S/C13H18N2/c1-9-4-5-12-11(6-9)10(8-15-12)7-13(2,3)14/h4-6,8,15H,7,14H2,1-3H3. The van der Waals surface area contributed by atoms with E-state index in [1.54, 1.807) is 0 Å². The third-order valence-corrected chi connectivity index (χ3v) is 2.57. The van der Waals surface area contributed by atoms with E-state index in [-0.39, 0.29) is 5.54 Å². The molecule has 0 fully saturated rings. The van der Waals surface area contributed by atoms with Gasteiger partial charge in [0.1, 0.15) is 0 Å². The highest BCUT2D eigenvalue weighted by molar-refractivity contribution is 5.83. The third-order valence-electron chi connectivity index (χ3n) is 2.57. The summed E-state index contributed by atoms with van der Waals surface area (Å²) in [5.41, 5.74) is 9.68. The topological polar surface area (TPSA) is 41.8 Å². The molecular formula is C13H18N2. The molecule has 0 aliphatic rings. The number of aryl methyl sites for hydroxylation is 1. The van der Waals surface area contributed by atoms with Crippen LogP contribution in [0.15, 0.2) is 24.4 Å². The molecule has 0 saturated carbocycles. The number of hydrogen-bond donors (Lipinski definition) is 2. The lowest BCUT2D eigenvalue weighted by molar-refractivity contribution is 0.518. The average Bonchev–Trinajstić information content (AvgIpc) is 2.46. The molecule has 0 radical (unpaired) electrons. The number of aromatic amines is 1. The molecule has 1 aromatic carbocycles. The molecule has 0 atom stereocenters. The van der Waals surface area contributed by atoms with Gasteiger partial charge in [0.25, 0.3) is 0 Å². The quantitative estimate of drug-likeness (QED) is 0.772. The largest absolute Gasteiger partial charge is 0.361 e. The van der Waals surface area contributed by atoms with Gasteiger partial charge in [-0.15, -0.1) is 0 Å². The van der Waals surface area contributed by atoms with Crippen molar-refractivity contribution in [3.05, 3.63) is 35.5 Å². The number of H-pyrrole nitrogens is 1. The van der Waals surface area contributed by atoms with Gasteiger partial charge in [0.05, 0.1) is 0 Å². The van der Waals surface area contributed by atoms with Crippen LogP contribution in [0.3, 0.4) is 0 Å². The van der Waals surface area contributed by atoms with E-state index < -0.39 is 0 Å². The van der Waals surface area contributed by atoms with Crippen molar-refractivity contribution in [2.75, 3.05) is 0 Å². The van der Waals surface area contributed by atoms with Crippen LogP contribution in [0.4, 0.5) is 0 Å². The molecule has 80 valence electrons. The van der Waals surface area contributed by atoms with Crippen molar-refractivity contribution in [1.82, 2.24) is 4.98 Å². The lowest BCUT2D eigenvalue weighted by atomic mass is 9.95. The van der Waals surface area contributed by atoms with Gasteiger partial charge < -0.3 is 10.7 Å². The van der Waals surface area contributed by atoms with Crippen molar-refractivity contribution in [3.8, 4) is 0 Å². The van der Waals surface area contributed by atoms with Crippen molar-refractivity contribution in [1.29, 1.82) is 0 Å². The van der Waals surface area contributed by atoms with E-state index >= 15 is 0 Å². The first-order chi connectivity index (χ1) is 6.96. The fourth-order valence-corrected chi connectivity index (χ4v) is 1.93. The van der Waals surface area contributed by atoms with Crippen molar-refractivity contribution in [2.24, 2.45) is 5.73 Å². The lowest BCUT2D eigenvalue weighted by Gasteiger charge is -2.17. The number of benzene rings is 1. The summed E-state index contributed by atoms with van der Waals surface area (Å²) >= 11 is 0. The molecule has 3 N–H and O–H groups in total. The van der Waals surface area contributed by atoms with E-state index in [2.05, 4.69) is 50.2 Å². The Morgan fingerprint density at radius 2 is 2.07 bits per heavy atom. The fraction of sp³-hybridized carbons (Fsp3) is 0.385. The Balaban J connectivity index is 2.48. The van der Waals surface area contributed by atoms with E-state index in [9.17, 15) is 0 Å². The van der Waals surface area contributed by atoms with E-state index in [0.717, 1.165) is 6.42 Å². The summed E-state index contributed by atoms with van der Waals surface area (Å²) in [5.74, 6) is 0. The van der Waals surface area contributed by atoms with Crippen molar-refractivity contribution >= 4 is 10.9 Å². The zero-order valence-corrected chi connectivity index (χ0v) is 9.59. The van der Waals surface area contributed by atoms with Crippen LogP contribution in [-0.4, -0.2) is 10.5 Å². The minimum atomic E-state index is -0.154. The summed E-state index contributed by atoms with van der Waals surface area (Å²) in [4.78, 5) is 3.28. The zero-order chi connectivity index (χ0) is 11.1. The second-order valence-electron chi connectivity index (χ2n) is 5.03. The summed E-state index contributed by atoms with van der Waals surface area (Å²) < 4.78 is 0. The molecule has 2 rings (SSSR count). The Labute approximate surface area is 90.5 Å². The Kier molecular flexibility index (Phi) is 2.31. The van der Waals surface area contributed by atoms with Gasteiger partial charge in [-0.3, -0.25) is 0 Å². The van der Waals surface area contributed by atoms with Crippen LogP contribution in [0, 0.1) is 6.92 Å². The van der Waals surface area contributed by atoms with Gasteiger partial charge in [0.15, 0.2) is 0 Å². The minimum Gasteiger partial charge on any atom is -0.361 e. The normalized spacial score (nSPS) is 12.3. The first-order valence-corrected chi connectivity index (χ1v) is 5.31. The number of hydrogen-bond acceptors (Lipinski definition) is 1. The van der Waals surface area contributed by atoms with Crippen molar-refractivity contribution in [2.45, 2.75) is 32.7 Å². The van der Waals surface area contributed by atoms with Crippen LogP contribution in [0.1, 0.15) is 25.0 Å². The van der Waals surface area contributed by atoms with E-state index in [0.29, 0.717) is 0 Å². The molecule has 0 aliphatic heterocycles. The molecule has 2 heteroatoms. The van der Waals surface area contributed by atoms with Gasteiger partial charge in [-0.25, -0.2) is 0 Å². The summed E-state index contributed by atoms with van der Waals surface area (Å²) in [6.45, 7) is 6.23. The number of fused-ring (bicyclic) bond motifs is 1. The summed E-state index contributed by atoms with van der Waals surface area (Å²) in [6.07, 6.45) is 2.97. The molecular weight excluding hydrogens is 184 g/mol. The molecule has 0 saturated heterocycles. The average molecular weight is 202 g/mol.